The summed E-state index contributed by atoms with van der Waals surface area (Å²) in [6.07, 6.45) is 1.47. The molecule has 12 heavy (non-hydrogen) atoms. The van der Waals surface area contributed by atoms with Crippen molar-refractivity contribution in [2.75, 3.05) is 14.1 Å². The van der Waals surface area contributed by atoms with E-state index in [1.54, 1.807) is 0 Å². The van der Waals surface area contributed by atoms with Crippen molar-refractivity contribution in [2.45, 2.75) is 5.16 Å². The van der Waals surface area contributed by atoms with Gasteiger partial charge in [-0.3, -0.25) is 0 Å². The van der Waals surface area contributed by atoms with Crippen molar-refractivity contribution >= 4 is 26.0 Å². The van der Waals surface area contributed by atoms with Crippen LogP contribution in [-0.4, -0.2) is 36.8 Å². The molecule has 1 N–H and O–H groups in total. The first-order chi connectivity index (χ1) is 5.44. The average molecular weight is 254 g/mol. The Kier molecular flexibility index (Phi) is 2.55. The number of hydrogen-bond acceptors (Lipinski definition) is 3. The van der Waals surface area contributed by atoms with E-state index in [2.05, 4.69) is 25.9 Å². The third-order valence-electron chi connectivity index (χ3n) is 1.25. The van der Waals surface area contributed by atoms with Gasteiger partial charge in [0.2, 0.25) is 5.16 Å². The topological polar surface area (TPSA) is 66.1 Å². The monoisotopic (exact) mass is 253 g/mol. The molecule has 0 aliphatic carbocycles. The van der Waals surface area contributed by atoms with E-state index in [9.17, 15) is 8.42 Å². The lowest BCUT2D eigenvalue weighted by molar-refractivity contribution is 0.513. The van der Waals surface area contributed by atoms with Crippen LogP contribution in [-0.2, 0) is 10.0 Å². The smallest absolute Gasteiger partial charge is 0.276 e. The molecule has 1 heterocycles. The number of nitrogens with zero attached hydrogens (tertiary/aromatic N) is 2. The molecule has 0 aliphatic heterocycles. The molecule has 0 spiro atoms. The minimum absolute atomic E-state index is 0.0561. The molecular weight excluding hydrogens is 246 g/mol. The minimum Gasteiger partial charge on any atom is -0.333 e. The third kappa shape index (κ3) is 1.67. The highest BCUT2D eigenvalue weighted by molar-refractivity contribution is 9.10. The SMILES string of the molecule is CN(C)S(=O)(=O)c1nc(Br)c[nH]1. The Morgan fingerprint density at radius 3 is 2.50 bits per heavy atom. The van der Waals surface area contributed by atoms with Crippen LogP contribution in [0.3, 0.4) is 0 Å². The molecule has 0 bridgehead atoms. The largest absolute Gasteiger partial charge is 0.333 e. The highest BCUT2D eigenvalue weighted by Crippen LogP contribution is 2.11. The normalized spacial score (nSPS) is 12.3. The molecule has 1 rings (SSSR count). The van der Waals surface area contributed by atoms with Crippen molar-refractivity contribution in [1.82, 2.24) is 14.3 Å². The molecule has 0 aliphatic rings. The molecule has 5 nitrogen and oxygen atoms in total. The van der Waals surface area contributed by atoms with Gasteiger partial charge in [0.15, 0.2) is 0 Å². The van der Waals surface area contributed by atoms with E-state index in [1.165, 1.54) is 20.3 Å². The minimum atomic E-state index is -3.42. The molecule has 1 aromatic rings. The van der Waals surface area contributed by atoms with Crippen LogP contribution in [0.25, 0.3) is 0 Å². The second-order valence-corrected chi connectivity index (χ2v) is 5.20. The molecule has 0 fully saturated rings. The van der Waals surface area contributed by atoms with Crippen LogP contribution in [0.2, 0.25) is 0 Å². The van der Waals surface area contributed by atoms with Crippen molar-refractivity contribution in [3.63, 3.8) is 0 Å². The van der Waals surface area contributed by atoms with Gasteiger partial charge in [0.25, 0.3) is 10.0 Å². The first-order valence-electron chi connectivity index (χ1n) is 3.08. The van der Waals surface area contributed by atoms with Crippen LogP contribution in [0.5, 0.6) is 0 Å². The lowest BCUT2D eigenvalue weighted by atomic mass is 11.0. The number of aromatic amines is 1. The molecule has 0 saturated carbocycles. The second kappa shape index (κ2) is 3.15. The maximum absolute atomic E-state index is 11.4. The van der Waals surface area contributed by atoms with Gasteiger partial charge in [-0.05, 0) is 15.9 Å². The molecule has 1 aromatic heterocycles. The molecule has 68 valence electrons. The lowest BCUT2D eigenvalue weighted by Gasteiger charge is -2.07. The molecule has 0 atom stereocenters. The maximum Gasteiger partial charge on any atom is 0.276 e. The zero-order chi connectivity index (χ0) is 9.35. The van der Waals surface area contributed by atoms with Gasteiger partial charge >= 0.3 is 0 Å². The summed E-state index contributed by atoms with van der Waals surface area (Å²) in [4.78, 5) is 6.27. The molecule has 0 saturated heterocycles. The number of imidazole rings is 1. The van der Waals surface area contributed by atoms with Crippen LogP contribution in [0.1, 0.15) is 0 Å². The number of hydrogen-bond donors (Lipinski definition) is 1. The van der Waals surface area contributed by atoms with Gasteiger partial charge in [-0.2, -0.15) is 0 Å². The van der Waals surface area contributed by atoms with Crippen LogP contribution in [0, 0.1) is 0 Å². The summed E-state index contributed by atoms with van der Waals surface area (Å²) in [6.45, 7) is 0. The Hall–Kier alpha value is -0.400. The van der Waals surface area contributed by atoms with E-state index in [1.807, 2.05) is 0 Å². The van der Waals surface area contributed by atoms with Crippen LogP contribution >= 0.6 is 15.9 Å². The Balaban J connectivity index is 3.15. The summed E-state index contributed by atoms with van der Waals surface area (Å²) in [5, 5.41) is -0.0561. The van der Waals surface area contributed by atoms with Crippen molar-refractivity contribution in [2.24, 2.45) is 0 Å². The van der Waals surface area contributed by atoms with Gasteiger partial charge in [0.05, 0.1) is 0 Å². The fraction of sp³-hybridized carbons (Fsp3) is 0.400. The van der Waals surface area contributed by atoms with Crippen LogP contribution < -0.4 is 0 Å². The Morgan fingerprint density at radius 2 is 2.17 bits per heavy atom. The number of halogens is 1. The molecule has 0 amide bonds. The number of sulfonamides is 1. The summed E-state index contributed by atoms with van der Waals surface area (Å²) in [7, 11) is -0.519. The van der Waals surface area contributed by atoms with E-state index in [0.29, 0.717) is 4.60 Å². The summed E-state index contributed by atoms with van der Waals surface area (Å²) in [5.41, 5.74) is 0. The molecule has 0 unspecified atom stereocenters. The average Bonchev–Trinajstić information content (AvgIpc) is 2.35. The maximum atomic E-state index is 11.4. The third-order valence-corrected chi connectivity index (χ3v) is 3.31. The Morgan fingerprint density at radius 1 is 1.58 bits per heavy atom. The first kappa shape index (κ1) is 9.69. The van der Waals surface area contributed by atoms with Gasteiger partial charge in [0.1, 0.15) is 4.60 Å². The van der Waals surface area contributed by atoms with E-state index in [0.717, 1.165) is 4.31 Å². The van der Waals surface area contributed by atoms with Gasteiger partial charge < -0.3 is 4.98 Å². The number of aromatic nitrogens is 2. The standard InChI is InChI=1S/C5H8BrN3O2S/c1-9(2)12(10,11)5-7-3-4(6)8-5/h3H,1-2H3,(H,7,8). The highest BCUT2D eigenvalue weighted by atomic mass is 79.9. The number of rotatable bonds is 2. The Bertz CT molecular complexity index is 370. The van der Waals surface area contributed by atoms with Gasteiger partial charge in [-0.25, -0.2) is 17.7 Å². The summed E-state index contributed by atoms with van der Waals surface area (Å²) >= 11 is 3.05. The molecule has 7 heteroatoms. The zero-order valence-electron chi connectivity index (χ0n) is 6.57. The number of H-pyrrole nitrogens is 1. The van der Waals surface area contributed by atoms with Crippen molar-refractivity contribution < 1.29 is 8.42 Å². The fourth-order valence-electron chi connectivity index (χ4n) is 0.588. The molecule has 0 aromatic carbocycles. The Labute approximate surface area is 79.0 Å². The summed E-state index contributed by atoms with van der Waals surface area (Å²) < 4.78 is 24.3. The first-order valence-corrected chi connectivity index (χ1v) is 5.31. The van der Waals surface area contributed by atoms with Crippen molar-refractivity contribution in [3.8, 4) is 0 Å². The van der Waals surface area contributed by atoms with Gasteiger partial charge in [0, 0.05) is 20.3 Å². The van der Waals surface area contributed by atoms with Crippen LogP contribution in [0.4, 0.5) is 0 Å². The quantitative estimate of drug-likeness (QED) is 0.831. The van der Waals surface area contributed by atoms with Gasteiger partial charge in [-0.1, -0.05) is 0 Å². The second-order valence-electron chi connectivity index (χ2n) is 2.32. The van der Waals surface area contributed by atoms with E-state index in [4.69, 9.17) is 0 Å². The molecule has 0 radical (unpaired) electrons. The van der Waals surface area contributed by atoms with Crippen LogP contribution in [0.15, 0.2) is 16.0 Å². The van der Waals surface area contributed by atoms with Crippen molar-refractivity contribution in [3.05, 3.63) is 10.8 Å². The highest BCUT2D eigenvalue weighted by Gasteiger charge is 2.20. The molecular formula is C5H8BrN3O2S. The zero-order valence-corrected chi connectivity index (χ0v) is 8.98. The van der Waals surface area contributed by atoms with Crippen molar-refractivity contribution in [1.29, 1.82) is 0 Å². The lowest BCUT2D eigenvalue weighted by Crippen LogP contribution is -2.23. The predicted octanol–water partition coefficient (Wildman–Crippen LogP) is 0.423. The summed E-state index contributed by atoms with van der Waals surface area (Å²) in [5.74, 6) is 0. The summed E-state index contributed by atoms with van der Waals surface area (Å²) in [6, 6.07) is 0. The van der Waals surface area contributed by atoms with E-state index < -0.39 is 10.0 Å². The fourth-order valence-corrected chi connectivity index (χ4v) is 1.76. The predicted molar refractivity (Wildman–Crippen MR) is 47.2 cm³/mol. The van der Waals surface area contributed by atoms with E-state index in [-0.39, 0.29) is 5.16 Å². The van der Waals surface area contributed by atoms with Gasteiger partial charge in [-0.15, -0.1) is 0 Å². The number of nitrogens with one attached hydrogen (secondary N) is 1. The van der Waals surface area contributed by atoms with E-state index >= 15 is 0 Å².